The van der Waals surface area contributed by atoms with Gasteiger partial charge in [-0.15, -0.1) is 0 Å². The molecule has 20 heavy (non-hydrogen) atoms. The molecule has 0 saturated carbocycles. The number of hydrogen-bond donors (Lipinski definition) is 1. The average molecular weight is 285 g/mol. The molecule has 2 rings (SSSR count). The first-order valence-electron chi connectivity index (χ1n) is 7.25. The Morgan fingerprint density at radius 1 is 1.25 bits per heavy atom. The molecule has 1 aromatic carbocycles. The van der Waals surface area contributed by atoms with Crippen LogP contribution in [0.5, 0.6) is 0 Å². The molecule has 0 amide bonds. The SMILES string of the molecule is CCCNC1CC(C)(C)CCc2c(F)cc(F)c(F)c21. The smallest absolute Gasteiger partial charge is 0.164 e. The zero-order valence-electron chi connectivity index (χ0n) is 12.3. The fourth-order valence-corrected chi connectivity index (χ4v) is 2.98. The van der Waals surface area contributed by atoms with Crippen molar-refractivity contribution in [1.82, 2.24) is 5.32 Å². The topological polar surface area (TPSA) is 12.0 Å². The Bertz CT molecular complexity index is 497. The Morgan fingerprint density at radius 2 is 1.95 bits per heavy atom. The first-order valence-corrected chi connectivity index (χ1v) is 7.25. The van der Waals surface area contributed by atoms with Crippen molar-refractivity contribution in [2.75, 3.05) is 6.54 Å². The van der Waals surface area contributed by atoms with Crippen molar-refractivity contribution in [2.24, 2.45) is 5.41 Å². The summed E-state index contributed by atoms with van der Waals surface area (Å²) in [6, 6.07) is 0.344. The molecule has 1 aliphatic rings. The van der Waals surface area contributed by atoms with E-state index >= 15 is 0 Å². The van der Waals surface area contributed by atoms with Crippen LogP contribution >= 0.6 is 0 Å². The number of halogens is 3. The van der Waals surface area contributed by atoms with E-state index in [2.05, 4.69) is 19.2 Å². The molecule has 0 fully saturated rings. The van der Waals surface area contributed by atoms with E-state index in [0.717, 1.165) is 12.8 Å². The van der Waals surface area contributed by atoms with Crippen molar-refractivity contribution in [2.45, 2.75) is 52.5 Å². The van der Waals surface area contributed by atoms with Gasteiger partial charge in [-0.2, -0.15) is 0 Å². The highest BCUT2D eigenvalue weighted by atomic mass is 19.2. The summed E-state index contributed by atoms with van der Waals surface area (Å²) in [6.45, 7) is 6.90. The van der Waals surface area contributed by atoms with Crippen molar-refractivity contribution in [3.8, 4) is 0 Å². The Hall–Kier alpha value is -1.03. The van der Waals surface area contributed by atoms with Gasteiger partial charge >= 0.3 is 0 Å². The van der Waals surface area contributed by atoms with Gasteiger partial charge in [0, 0.05) is 17.7 Å². The Kier molecular flexibility index (Phi) is 4.43. The Morgan fingerprint density at radius 3 is 2.60 bits per heavy atom. The Labute approximate surface area is 118 Å². The van der Waals surface area contributed by atoms with Crippen LogP contribution in [-0.4, -0.2) is 6.54 Å². The molecule has 0 heterocycles. The first kappa shape index (κ1) is 15.4. The molecule has 0 spiro atoms. The predicted octanol–water partition coefficient (Wildman–Crippen LogP) is 4.51. The minimum Gasteiger partial charge on any atom is -0.310 e. The van der Waals surface area contributed by atoms with E-state index in [9.17, 15) is 13.2 Å². The van der Waals surface area contributed by atoms with Crippen LogP contribution in [0.25, 0.3) is 0 Å². The van der Waals surface area contributed by atoms with Gasteiger partial charge in [-0.3, -0.25) is 0 Å². The van der Waals surface area contributed by atoms with Gasteiger partial charge in [0.2, 0.25) is 0 Å². The van der Waals surface area contributed by atoms with Crippen LogP contribution in [0.15, 0.2) is 6.07 Å². The quantitative estimate of drug-likeness (QED) is 0.636. The van der Waals surface area contributed by atoms with Crippen molar-refractivity contribution < 1.29 is 13.2 Å². The summed E-state index contributed by atoms with van der Waals surface area (Å²) in [5.41, 5.74) is 0.504. The lowest BCUT2D eigenvalue weighted by molar-refractivity contribution is 0.271. The van der Waals surface area contributed by atoms with E-state index in [1.54, 1.807) is 0 Å². The zero-order valence-corrected chi connectivity index (χ0v) is 12.3. The van der Waals surface area contributed by atoms with Gasteiger partial charge in [-0.1, -0.05) is 20.8 Å². The number of nitrogens with one attached hydrogen (secondary N) is 1. The molecule has 1 atom stereocenters. The predicted molar refractivity (Wildman–Crippen MR) is 74.1 cm³/mol. The fourth-order valence-electron chi connectivity index (χ4n) is 2.98. The largest absolute Gasteiger partial charge is 0.310 e. The van der Waals surface area contributed by atoms with Crippen LogP contribution in [0.2, 0.25) is 0 Å². The highest BCUT2D eigenvalue weighted by Crippen LogP contribution is 2.41. The second-order valence-corrected chi connectivity index (χ2v) is 6.42. The fraction of sp³-hybridized carbons (Fsp3) is 0.625. The van der Waals surface area contributed by atoms with Crippen molar-refractivity contribution in [3.63, 3.8) is 0 Å². The van der Waals surface area contributed by atoms with Crippen LogP contribution in [0, 0.1) is 22.9 Å². The lowest BCUT2D eigenvalue weighted by atomic mass is 9.83. The molecular formula is C16H22F3N. The maximum absolute atomic E-state index is 14.2. The number of rotatable bonds is 3. The molecule has 1 N–H and O–H groups in total. The van der Waals surface area contributed by atoms with E-state index in [1.807, 2.05) is 6.92 Å². The highest BCUT2D eigenvalue weighted by molar-refractivity contribution is 5.35. The molecule has 1 unspecified atom stereocenters. The highest BCUT2D eigenvalue weighted by Gasteiger charge is 2.33. The standard InChI is InChI=1S/C16H22F3N/c1-4-7-20-13-9-16(2,3)6-5-10-11(17)8-12(18)15(19)14(10)13/h8,13,20H,4-7,9H2,1-3H3. The molecular weight excluding hydrogens is 263 g/mol. The summed E-state index contributed by atoms with van der Waals surface area (Å²) in [7, 11) is 0. The summed E-state index contributed by atoms with van der Waals surface area (Å²) in [4.78, 5) is 0. The van der Waals surface area contributed by atoms with E-state index in [0.29, 0.717) is 31.0 Å². The second kappa shape index (κ2) is 5.76. The molecule has 112 valence electrons. The lowest BCUT2D eigenvalue weighted by Crippen LogP contribution is -2.27. The first-order chi connectivity index (χ1) is 9.35. The van der Waals surface area contributed by atoms with Gasteiger partial charge in [0.1, 0.15) is 5.82 Å². The van der Waals surface area contributed by atoms with Crippen molar-refractivity contribution in [3.05, 3.63) is 34.6 Å². The van der Waals surface area contributed by atoms with E-state index < -0.39 is 17.5 Å². The summed E-state index contributed by atoms with van der Waals surface area (Å²) in [5, 5.41) is 3.25. The van der Waals surface area contributed by atoms with Crippen LogP contribution < -0.4 is 5.32 Å². The summed E-state index contributed by atoms with van der Waals surface area (Å²) < 4.78 is 41.7. The molecule has 0 aliphatic heterocycles. The van der Waals surface area contributed by atoms with Crippen LogP contribution in [-0.2, 0) is 6.42 Å². The third kappa shape index (κ3) is 3.00. The molecule has 1 nitrogen and oxygen atoms in total. The van der Waals surface area contributed by atoms with Gasteiger partial charge in [0.05, 0.1) is 0 Å². The van der Waals surface area contributed by atoms with Gasteiger partial charge in [0.15, 0.2) is 11.6 Å². The van der Waals surface area contributed by atoms with Crippen LogP contribution in [0.3, 0.4) is 0 Å². The number of hydrogen-bond acceptors (Lipinski definition) is 1. The molecule has 4 heteroatoms. The van der Waals surface area contributed by atoms with Crippen molar-refractivity contribution >= 4 is 0 Å². The lowest BCUT2D eigenvalue weighted by Gasteiger charge is -2.28. The van der Waals surface area contributed by atoms with Gasteiger partial charge in [-0.05, 0) is 43.2 Å². The molecule has 1 aromatic rings. The molecule has 0 bridgehead atoms. The van der Waals surface area contributed by atoms with E-state index in [4.69, 9.17) is 0 Å². The number of fused-ring (bicyclic) bond motifs is 1. The normalized spacial score (nSPS) is 21.4. The van der Waals surface area contributed by atoms with Crippen LogP contribution in [0.4, 0.5) is 13.2 Å². The minimum absolute atomic E-state index is 0.0280. The van der Waals surface area contributed by atoms with Crippen molar-refractivity contribution in [1.29, 1.82) is 0 Å². The average Bonchev–Trinajstić information content (AvgIpc) is 2.50. The van der Waals surface area contributed by atoms with Gasteiger partial charge in [0.25, 0.3) is 0 Å². The van der Waals surface area contributed by atoms with E-state index in [-0.39, 0.29) is 17.0 Å². The van der Waals surface area contributed by atoms with Gasteiger partial charge < -0.3 is 5.32 Å². The zero-order chi connectivity index (χ0) is 14.9. The monoisotopic (exact) mass is 285 g/mol. The van der Waals surface area contributed by atoms with Crippen LogP contribution in [0.1, 0.15) is 57.2 Å². The third-order valence-corrected chi connectivity index (χ3v) is 4.11. The Balaban J connectivity index is 2.51. The van der Waals surface area contributed by atoms with Gasteiger partial charge in [-0.25, -0.2) is 13.2 Å². The second-order valence-electron chi connectivity index (χ2n) is 6.42. The molecule has 1 aliphatic carbocycles. The number of benzene rings is 1. The molecule has 0 aromatic heterocycles. The molecule has 0 radical (unpaired) electrons. The minimum atomic E-state index is -1.09. The maximum atomic E-state index is 14.2. The maximum Gasteiger partial charge on any atom is 0.164 e. The summed E-state index contributed by atoms with van der Waals surface area (Å²) in [5.74, 6) is -2.61. The summed E-state index contributed by atoms with van der Waals surface area (Å²) in [6.07, 6.45) is 2.80. The molecule has 0 saturated heterocycles. The summed E-state index contributed by atoms with van der Waals surface area (Å²) >= 11 is 0. The van der Waals surface area contributed by atoms with E-state index in [1.165, 1.54) is 0 Å². The third-order valence-electron chi connectivity index (χ3n) is 4.11.